The van der Waals surface area contributed by atoms with E-state index >= 15 is 0 Å². The van der Waals surface area contributed by atoms with Crippen molar-refractivity contribution < 1.29 is 13.2 Å². The predicted octanol–water partition coefficient (Wildman–Crippen LogP) is 4.37. The van der Waals surface area contributed by atoms with Gasteiger partial charge in [0.15, 0.2) is 0 Å². The number of fused-ring (bicyclic) bond motifs is 1. The minimum absolute atomic E-state index is 0.109. The smallest absolute Gasteiger partial charge is 0.335 e. The second-order valence-electron chi connectivity index (χ2n) is 4.38. The molecular formula is C14H8F3N3S. The fourth-order valence-corrected chi connectivity index (χ4v) is 2.30. The van der Waals surface area contributed by atoms with Gasteiger partial charge in [-0.25, -0.2) is 4.98 Å². The van der Waals surface area contributed by atoms with Gasteiger partial charge in [-0.15, -0.1) is 0 Å². The first kappa shape index (κ1) is 13.7. The molecule has 0 amide bonds. The van der Waals surface area contributed by atoms with Gasteiger partial charge in [0.2, 0.25) is 5.82 Å². The average molecular weight is 307 g/mol. The normalized spacial score (nSPS) is 11.8. The van der Waals surface area contributed by atoms with Crippen LogP contribution < -0.4 is 0 Å². The molecule has 0 fully saturated rings. The number of nitrogens with one attached hydrogen (secondary N) is 1. The molecule has 0 saturated heterocycles. The highest BCUT2D eigenvalue weighted by Crippen LogP contribution is 2.30. The molecule has 106 valence electrons. The van der Waals surface area contributed by atoms with Crippen molar-refractivity contribution in [2.24, 2.45) is 0 Å². The Labute approximate surface area is 122 Å². The Bertz CT molecular complexity index is 866. The molecule has 0 spiro atoms. The van der Waals surface area contributed by atoms with Gasteiger partial charge >= 0.3 is 6.18 Å². The molecule has 0 bridgehead atoms. The summed E-state index contributed by atoms with van der Waals surface area (Å²) >= 11 is 4.84. The van der Waals surface area contributed by atoms with Crippen LogP contribution in [0.25, 0.3) is 22.0 Å². The van der Waals surface area contributed by atoms with E-state index in [0.29, 0.717) is 5.56 Å². The van der Waals surface area contributed by atoms with Gasteiger partial charge in [0.05, 0.1) is 5.69 Å². The SMILES string of the molecule is FC(F)(F)c1nc(=S)cc(-c2cccc3cnccc23)[nH]1. The summed E-state index contributed by atoms with van der Waals surface area (Å²) in [6.07, 6.45) is -1.33. The Balaban J connectivity index is 2.29. The summed E-state index contributed by atoms with van der Waals surface area (Å²) in [5.74, 6) is -1.10. The number of H-pyrrole nitrogens is 1. The predicted molar refractivity (Wildman–Crippen MR) is 75.2 cm³/mol. The Kier molecular flexibility index (Phi) is 3.21. The van der Waals surface area contributed by atoms with Crippen molar-refractivity contribution in [2.45, 2.75) is 6.18 Å². The van der Waals surface area contributed by atoms with Gasteiger partial charge in [-0.2, -0.15) is 13.2 Å². The number of aromatic nitrogens is 3. The highest BCUT2D eigenvalue weighted by molar-refractivity contribution is 7.71. The van der Waals surface area contributed by atoms with E-state index in [4.69, 9.17) is 12.2 Å². The minimum Gasteiger partial charge on any atom is -0.335 e. The Hall–Kier alpha value is -2.28. The molecule has 0 aliphatic heterocycles. The van der Waals surface area contributed by atoms with Gasteiger partial charge in [0.1, 0.15) is 4.64 Å². The number of nitrogens with zero attached hydrogens (tertiary/aromatic N) is 2. The lowest BCUT2D eigenvalue weighted by Gasteiger charge is -2.10. The first-order valence-electron chi connectivity index (χ1n) is 5.97. The van der Waals surface area contributed by atoms with Crippen LogP contribution in [-0.2, 0) is 6.18 Å². The maximum Gasteiger partial charge on any atom is 0.449 e. The van der Waals surface area contributed by atoms with E-state index in [1.165, 1.54) is 6.07 Å². The van der Waals surface area contributed by atoms with Gasteiger partial charge in [0, 0.05) is 23.3 Å². The van der Waals surface area contributed by atoms with Crippen LogP contribution in [0, 0.1) is 4.64 Å². The van der Waals surface area contributed by atoms with Crippen molar-refractivity contribution in [3.63, 3.8) is 0 Å². The third-order valence-corrected chi connectivity index (χ3v) is 3.19. The number of halogens is 3. The zero-order valence-corrected chi connectivity index (χ0v) is 11.3. The molecule has 0 atom stereocenters. The van der Waals surface area contributed by atoms with Gasteiger partial charge in [0.25, 0.3) is 0 Å². The summed E-state index contributed by atoms with van der Waals surface area (Å²) in [5, 5.41) is 1.62. The summed E-state index contributed by atoms with van der Waals surface area (Å²) in [7, 11) is 0. The van der Waals surface area contributed by atoms with Crippen LogP contribution in [0.2, 0.25) is 0 Å². The van der Waals surface area contributed by atoms with Crippen molar-refractivity contribution in [3.8, 4) is 11.3 Å². The largest absolute Gasteiger partial charge is 0.449 e. The molecule has 21 heavy (non-hydrogen) atoms. The van der Waals surface area contributed by atoms with Crippen LogP contribution in [0.1, 0.15) is 5.82 Å². The topological polar surface area (TPSA) is 41.6 Å². The average Bonchev–Trinajstić information content (AvgIpc) is 2.45. The highest BCUT2D eigenvalue weighted by atomic mass is 32.1. The molecule has 0 aliphatic rings. The summed E-state index contributed by atoms with van der Waals surface area (Å²) in [5.41, 5.74) is 0.896. The number of hydrogen-bond donors (Lipinski definition) is 1. The van der Waals surface area contributed by atoms with Gasteiger partial charge in [-0.05, 0) is 17.5 Å². The minimum atomic E-state index is -4.57. The molecule has 3 rings (SSSR count). The second kappa shape index (κ2) is 4.92. The zero-order valence-electron chi connectivity index (χ0n) is 10.5. The third kappa shape index (κ3) is 2.64. The summed E-state index contributed by atoms with van der Waals surface area (Å²) in [6, 6.07) is 8.48. The lowest BCUT2D eigenvalue weighted by molar-refractivity contribution is -0.144. The molecule has 0 aliphatic carbocycles. The summed E-state index contributed by atoms with van der Waals surface area (Å²) in [4.78, 5) is 9.64. The first-order valence-corrected chi connectivity index (χ1v) is 6.37. The molecule has 3 nitrogen and oxygen atoms in total. The van der Waals surface area contributed by atoms with Crippen molar-refractivity contribution in [3.05, 3.63) is 53.2 Å². The number of aromatic amines is 1. The molecule has 1 N–H and O–H groups in total. The van der Waals surface area contributed by atoms with E-state index in [2.05, 4.69) is 15.0 Å². The van der Waals surface area contributed by atoms with E-state index in [9.17, 15) is 13.2 Å². The lowest BCUT2D eigenvalue weighted by Crippen LogP contribution is -2.11. The number of benzene rings is 1. The van der Waals surface area contributed by atoms with Crippen LogP contribution in [0.5, 0.6) is 0 Å². The summed E-state index contributed by atoms with van der Waals surface area (Å²) in [6.45, 7) is 0. The Morgan fingerprint density at radius 1 is 1.14 bits per heavy atom. The van der Waals surface area contributed by atoms with Crippen molar-refractivity contribution in [1.29, 1.82) is 0 Å². The molecule has 2 heterocycles. The number of hydrogen-bond acceptors (Lipinski definition) is 3. The van der Waals surface area contributed by atoms with Crippen molar-refractivity contribution in [1.82, 2.24) is 15.0 Å². The standard InChI is InChI=1S/C14H8F3N3S/c15-14(16,17)13-19-11(6-12(21)20-13)10-3-1-2-8-7-18-5-4-9(8)10/h1-7H,(H,19,20,21). The molecule has 7 heteroatoms. The Morgan fingerprint density at radius 3 is 2.71 bits per heavy atom. The van der Waals surface area contributed by atoms with E-state index < -0.39 is 12.0 Å². The van der Waals surface area contributed by atoms with E-state index in [1.54, 1.807) is 30.6 Å². The van der Waals surface area contributed by atoms with Crippen molar-refractivity contribution in [2.75, 3.05) is 0 Å². The van der Waals surface area contributed by atoms with E-state index in [1.807, 2.05) is 6.07 Å². The van der Waals surface area contributed by atoms with E-state index in [-0.39, 0.29) is 10.3 Å². The zero-order chi connectivity index (χ0) is 15.0. The molecule has 0 saturated carbocycles. The van der Waals surface area contributed by atoms with Crippen LogP contribution in [0.3, 0.4) is 0 Å². The second-order valence-corrected chi connectivity index (χ2v) is 4.80. The number of alkyl halides is 3. The molecule has 0 unspecified atom stereocenters. The molecule has 2 aromatic heterocycles. The molecule has 0 radical (unpaired) electrons. The Morgan fingerprint density at radius 2 is 1.95 bits per heavy atom. The maximum absolute atomic E-state index is 12.8. The first-order chi connectivity index (χ1) is 9.95. The summed E-state index contributed by atoms with van der Waals surface area (Å²) < 4.78 is 38.4. The maximum atomic E-state index is 12.8. The fourth-order valence-electron chi connectivity index (χ4n) is 2.09. The fraction of sp³-hybridized carbons (Fsp3) is 0.0714. The number of rotatable bonds is 1. The lowest BCUT2D eigenvalue weighted by atomic mass is 10.0. The third-order valence-electron chi connectivity index (χ3n) is 2.98. The van der Waals surface area contributed by atoms with E-state index in [0.717, 1.165) is 10.8 Å². The molecule has 3 aromatic rings. The van der Waals surface area contributed by atoms with Gasteiger partial charge < -0.3 is 4.98 Å². The number of pyridine rings is 1. The van der Waals surface area contributed by atoms with Crippen LogP contribution in [0.4, 0.5) is 13.2 Å². The van der Waals surface area contributed by atoms with Crippen LogP contribution >= 0.6 is 12.2 Å². The molecule has 1 aromatic carbocycles. The highest BCUT2D eigenvalue weighted by Gasteiger charge is 2.34. The van der Waals surface area contributed by atoms with Crippen LogP contribution in [0.15, 0.2) is 42.7 Å². The quantitative estimate of drug-likeness (QED) is 0.679. The van der Waals surface area contributed by atoms with Gasteiger partial charge in [-0.1, -0.05) is 30.4 Å². The molecular weight excluding hydrogens is 299 g/mol. The monoisotopic (exact) mass is 307 g/mol. The van der Waals surface area contributed by atoms with Crippen LogP contribution in [-0.4, -0.2) is 15.0 Å². The van der Waals surface area contributed by atoms with Gasteiger partial charge in [-0.3, -0.25) is 4.98 Å². The van der Waals surface area contributed by atoms with Crippen molar-refractivity contribution >= 4 is 23.0 Å².